The molecule has 4 heterocycles. The minimum Gasteiger partial charge on any atom is -0.465 e. The fourth-order valence-electron chi connectivity index (χ4n) is 8.91. The maximum Gasteiger partial charge on any atom is 0.407 e. The number of aromatic amines is 2. The number of alkyl carbamates (subject to hydrolysis) is 1. The van der Waals surface area contributed by atoms with Crippen LogP contribution in [0.25, 0.3) is 33.6 Å². The van der Waals surface area contributed by atoms with Crippen LogP contribution in [0.2, 0.25) is 0 Å². The summed E-state index contributed by atoms with van der Waals surface area (Å²) < 4.78 is 4.79. The standard InChI is InChI=1S/C44H48N8O6/c1-50(44(56)57)38(31-9-4-3-5-10-31)42(54)52-24-8-14-37(52)40-46-26-35(48-40)30-21-17-28(18-22-30)27-15-19-29(20-16-27)34-25-45-39(47-34)36-13-7-23-51(36)41(53)32-11-6-12-33(32)49-43(55)58-2/h3-5,9-10,15-22,25-26,32-33,36-38H,6-8,11-14,23-24H2,1-2H3,(H,45,47)(H,46,48)(H,49,55)(H,56,57)/t32-,33-,36-,37-,38+/m0/s1. The number of likely N-dealkylation sites (tertiary alicyclic amines) is 2. The van der Waals surface area contributed by atoms with Gasteiger partial charge in [-0.15, -0.1) is 0 Å². The van der Waals surface area contributed by atoms with E-state index in [1.807, 2.05) is 29.3 Å². The first-order chi connectivity index (χ1) is 28.2. The molecule has 0 bridgehead atoms. The molecule has 300 valence electrons. The Morgan fingerprint density at radius 1 is 0.741 bits per heavy atom. The highest BCUT2D eigenvalue weighted by Gasteiger charge is 2.42. The molecule has 1 saturated carbocycles. The number of nitrogens with zero attached hydrogens (tertiary/aromatic N) is 5. The van der Waals surface area contributed by atoms with Crippen molar-refractivity contribution < 1.29 is 29.0 Å². The number of ether oxygens (including phenoxy) is 1. The van der Waals surface area contributed by atoms with Crippen LogP contribution in [0, 0.1) is 5.92 Å². The Hall–Kier alpha value is -6.44. The summed E-state index contributed by atoms with van der Waals surface area (Å²) in [5.41, 5.74) is 6.38. The van der Waals surface area contributed by atoms with Crippen LogP contribution < -0.4 is 5.32 Å². The van der Waals surface area contributed by atoms with E-state index >= 15 is 0 Å². The molecule has 14 heteroatoms. The highest BCUT2D eigenvalue weighted by Crippen LogP contribution is 2.38. The molecular weight excluding hydrogens is 737 g/mol. The minimum atomic E-state index is -1.17. The highest BCUT2D eigenvalue weighted by atomic mass is 16.5. The number of carbonyl (C=O) groups is 4. The molecule has 2 aliphatic heterocycles. The third-order valence-corrected chi connectivity index (χ3v) is 12.0. The van der Waals surface area contributed by atoms with Crippen molar-refractivity contribution in [1.29, 1.82) is 0 Å². The number of nitrogens with one attached hydrogen (secondary N) is 3. The summed E-state index contributed by atoms with van der Waals surface area (Å²) in [4.78, 5) is 72.6. The van der Waals surface area contributed by atoms with E-state index in [1.54, 1.807) is 35.4 Å². The fourth-order valence-corrected chi connectivity index (χ4v) is 8.91. The number of imidazole rings is 2. The van der Waals surface area contributed by atoms with E-state index in [0.717, 1.165) is 89.3 Å². The third-order valence-electron chi connectivity index (χ3n) is 12.0. The van der Waals surface area contributed by atoms with Gasteiger partial charge in [-0.1, -0.05) is 85.3 Å². The molecule has 1 aliphatic carbocycles. The maximum atomic E-state index is 13.9. The largest absolute Gasteiger partial charge is 0.465 e. The number of hydrogen-bond donors (Lipinski definition) is 4. The van der Waals surface area contributed by atoms with Gasteiger partial charge in [0.15, 0.2) is 0 Å². The molecule has 0 spiro atoms. The Morgan fingerprint density at radius 3 is 1.83 bits per heavy atom. The normalized spacial score (nSPS) is 20.9. The number of aromatic nitrogens is 4. The van der Waals surface area contributed by atoms with E-state index in [1.165, 1.54) is 14.2 Å². The zero-order valence-electron chi connectivity index (χ0n) is 32.6. The van der Waals surface area contributed by atoms with Gasteiger partial charge in [0.2, 0.25) is 5.91 Å². The number of amides is 4. The van der Waals surface area contributed by atoms with Gasteiger partial charge in [-0.25, -0.2) is 19.6 Å². The second-order valence-electron chi connectivity index (χ2n) is 15.4. The summed E-state index contributed by atoms with van der Waals surface area (Å²) in [5.74, 6) is 0.983. The van der Waals surface area contributed by atoms with Crippen LogP contribution in [0.4, 0.5) is 9.59 Å². The van der Waals surface area contributed by atoms with Gasteiger partial charge in [-0.2, -0.15) is 0 Å². The van der Waals surface area contributed by atoms with Crippen LogP contribution in [0.1, 0.15) is 80.3 Å². The number of methoxy groups -OCH3 is 1. The summed E-state index contributed by atoms with van der Waals surface area (Å²) in [6.07, 6.45) is 7.57. The third kappa shape index (κ3) is 7.65. The fraction of sp³-hybridized carbons (Fsp3) is 0.364. The molecule has 5 atom stereocenters. The molecule has 4 amide bonds. The second kappa shape index (κ2) is 16.6. The second-order valence-corrected chi connectivity index (χ2v) is 15.4. The molecule has 3 fully saturated rings. The Balaban J connectivity index is 0.919. The molecule has 2 aromatic heterocycles. The number of likely N-dealkylation sites (N-methyl/N-ethyl adjacent to an activating group) is 1. The molecule has 2 saturated heterocycles. The van der Waals surface area contributed by atoms with Gasteiger partial charge >= 0.3 is 12.2 Å². The summed E-state index contributed by atoms with van der Waals surface area (Å²) in [5, 5.41) is 12.6. The monoisotopic (exact) mass is 784 g/mol. The number of hydrogen-bond acceptors (Lipinski definition) is 7. The number of carboxylic acid groups (broad SMARTS) is 1. The smallest absolute Gasteiger partial charge is 0.407 e. The molecule has 14 nitrogen and oxygen atoms in total. The van der Waals surface area contributed by atoms with Crippen molar-refractivity contribution in [2.45, 2.75) is 69.1 Å². The van der Waals surface area contributed by atoms with E-state index in [9.17, 15) is 24.3 Å². The van der Waals surface area contributed by atoms with Crippen molar-refractivity contribution in [2.75, 3.05) is 27.2 Å². The lowest BCUT2D eigenvalue weighted by atomic mass is 10.0. The Kier molecular flexibility index (Phi) is 11.0. The molecule has 4 N–H and O–H groups in total. The minimum absolute atomic E-state index is 0.0648. The Bertz CT molecular complexity index is 2250. The van der Waals surface area contributed by atoms with Gasteiger partial charge in [0, 0.05) is 26.2 Å². The highest BCUT2D eigenvalue weighted by molar-refractivity contribution is 5.87. The van der Waals surface area contributed by atoms with Gasteiger partial charge in [-0.05, 0) is 66.3 Å². The first kappa shape index (κ1) is 38.4. The lowest BCUT2D eigenvalue weighted by molar-refractivity contribution is -0.138. The lowest BCUT2D eigenvalue weighted by Gasteiger charge is -2.32. The van der Waals surface area contributed by atoms with E-state index in [0.29, 0.717) is 24.5 Å². The summed E-state index contributed by atoms with van der Waals surface area (Å²) >= 11 is 0. The summed E-state index contributed by atoms with van der Waals surface area (Å²) in [6.45, 7) is 1.19. The van der Waals surface area contributed by atoms with Crippen LogP contribution in [0.15, 0.2) is 91.3 Å². The quantitative estimate of drug-likeness (QED) is 0.114. The molecule has 0 unspecified atom stereocenters. The van der Waals surface area contributed by atoms with Crippen LogP contribution in [0.3, 0.4) is 0 Å². The van der Waals surface area contributed by atoms with Gasteiger partial charge < -0.3 is 34.9 Å². The van der Waals surface area contributed by atoms with Gasteiger partial charge in [0.1, 0.15) is 17.7 Å². The number of carbonyl (C=O) groups excluding carboxylic acids is 3. The van der Waals surface area contributed by atoms with Crippen LogP contribution in [-0.2, 0) is 14.3 Å². The number of H-pyrrole nitrogens is 2. The van der Waals surface area contributed by atoms with Crippen LogP contribution >= 0.6 is 0 Å². The van der Waals surface area contributed by atoms with Crippen molar-refractivity contribution in [3.05, 3.63) is 108 Å². The number of benzene rings is 3. The van der Waals surface area contributed by atoms with E-state index in [4.69, 9.17) is 9.72 Å². The van der Waals surface area contributed by atoms with Crippen molar-refractivity contribution in [1.82, 2.24) is 40.0 Å². The maximum absolute atomic E-state index is 13.9. The van der Waals surface area contributed by atoms with Gasteiger partial charge in [0.25, 0.3) is 5.91 Å². The Labute approximate surface area is 336 Å². The van der Waals surface area contributed by atoms with Gasteiger partial charge in [0.05, 0.1) is 48.9 Å². The average Bonchev–Trinajstić information content (AvgIpc) is 4.11. The molecule has 0 radical (unpaired) electrons. The summed E-state index contributed by atoms with van der Waals surface area (Å²) in [6, 6.07) is 23.9. The van der Waals surface area contributed by atoms with E-state index < -0.39 is 18.2 Å². The lowest BCUT2D eigenvalue weighted by Crippen LogP contribution is -2.45. The molecular formula is C44H48N8O6. The van der Waals surface area contributed by atoms with Crippen molar-refractivity contribution in [3.63, 3.8) is 0 Å². The van der Waals surface area contributed by atoms with Crippen molar-refractivity contribution >= 4 is 24.0 Å². The van der Waals surface area contributed by atoms with Crippen molar-refractivity contribution in [3.8, 4) is 33.6 Å². The van der Waals surface area contributed by atoms with Crippen LogP contribution in [0.5, 0.6) is 0 Å². The van der Waals surface area contributed by atoms with Crippen LogP contribution in [-0.4, -0.2) is 97.0 Å². The zero-order valence-corrected chi connectivity index (χ0v) is 32.6. The van der Waals surface area contributed by atoms with E-state index in [-0.39, 0.29) is 35.9 Å². The molecule has 3 aromatic carbocycles. The van der Waals surface area contributed by atoms with E-state index in [2.05, 4.69) is 56.7 Å². The topological polar surface area (TPSA) is 177 Å². The summed E-state index contributed by atoms with van der Waals surface area (Å²) in [7, 11) is 2.77. The SMILES string of the molecule is COC(=O)N[C@H]1CCC[C@@H]1C(=O)N1CCC[C@H]1c1ncc(-c2ccc(-c3ccc(-c4cnc([C@@H]5CCCN5C(=O)[C@@H](c5ccccc5)N(C)C(=O)O)[nH]4)cc3)cc2)[nH]1. The molecule has 58 heavy (non-hydrogen) atoms. The zero-order chi connectivity index (χ0) is 40.3. The molecule has 3 aliphatic rings. The Morgan fingerprint density at radius 2 is 1.28 bits per heavy atom. The predicted molar refractivity (Wildman–Crippen MR) is 216 cm³/mol. The van der Waals surface area contributed by atoms with Crippen molar-refractivity contribution in [2.24, 2.45) is 5.92 Å². The predicted octanol–water partition coefficient (Wildman–Crippen LogP) is 7.34. The molecule has 8 rings (SSSR count). The average molecular weight is 785 g/mol. The van der Waals surface area contributed by atoms with Gasteiger partial charge in [-0.3, -0.25) is 14.5 Å². The molecule has 5 aromatic rings. The number of rotatable bonds is 10. The first-order valence-electron chi connectivity index (χ1n) is 20.0. The first-order valence-corrected chi connectivity index (χ1v) is 20.0.